The van der Waals surface area contributed by atoms with E-state index in [1.54, 1.807) is 18.2 Å². The van der Waals surface area contributed by atoms with Crippen LogP contribution in [0.1, 0.15) is 21.1 Å². The lowest BCUT2D eigenvalue weighted by molar-refractivity contribution is 0.0934. The topological polar surface area (TPSA) is 84.7 Å². The number of pyridine rings is 1. The van der Waals surface area contributed by atoms with Crippen molar-refractivity contribution in [3.05, 3.63) is 65.5 Å². The molecule has 2 N–H and O–H groups in total. The Morgan fingerprint density at radius 3 is 2.64 bits per heavy atom. The SMILES string of the molecule is COCCNC(=O)c1nc(C(=O)Nc2ccc(F)c(F)c2F)n2ccccc12. The molecule has 28 heavy (non-hydrogen) atoms. The molecule has 0 aliphatic heterocycles. The second kappa shape index (κ2) is 8.09. The first-order valence-electron chi connectivity index (χ1n) is 8.13. The van der Waals surface area contributed by atoms with E-state index in [-0.39, 0.29) is 18.1 Å². The average Bonchev–Trinajstić information content (AvgIpc) is 3.08. The molecular weight excluding hydrogens is 377 g/mol. The molecule has 3 aromatic rings. The van der Waals surface area contributed by atoms with Crippen LogP contribution in [0.25, 0.3) is 5.52 Å². The summed E-state index contributed by atoms with van der Waals surface area (Å²) in [6.07, 6.45) is 1.49. The number of methoxy groups -OCH3 is 1. The maximum absolute atomic E-state index is 13.8. The number of rotatable bonds is 6. The first kappa shape index (κ1) is 19.4. The summed E-state index contributed by atoms with van der Waals surface area (Å²) < 4.78 is 46.4. The van der Waals surface area contributed by atoms with E-state index in [9.17, 15) is 22.8 Å². The Balaban J connectivity index is 1.94. The number of halogens is 3. The molecule has 2 aromatic heterocycles. The van der Waals surface area contributed by atoms with E-state index in [4.69, 9.17) is 4.74 Å². The van der Waals surface area contributed by atoms with Crippen LogP contribution in [-0.2, 0) is 4.74 Å². The first-order chi connectivity index (χ1) is 13.4. The van der Waals surface area contributed by atoms with E-state index in [1.165, 1.54) is 17.7 Å². The number of hydrogen-bond donors (Lipinski definition) is 2. The molecule has 0 atom stereocenters. The van der Waals surface area contributed by atoms with Gasteiger partial charge in [-0.15, -0.1) is 0 Å². The highest BCUT2D eigenvalue weighted by Gasteiger charge is 2.23. The van der Waals surface area contributed by atoms with E-state index in [2.05, 4.69) is 15.6 Å². The summed E-state index contributed by atoms with van der Waals surface area (Å²) in [6, 6.07) is 6.41. The van der Waals surface area contributed by atoms with Gasteiger partial charge in [-0.1, -0.05) is 6.07 Å². The summed E-state index contributed by atoms with van der Waals surface area (Å²) in [5, 5.41) is 4.73. The van der Waals surface area contributed by atoms with Gasteiger partial charge in [0.25, 0.3) is 11.8 Å². The number of hydrogen-bond acceptors (Lipinski definition) is 4. The highest BCUT2D eigenvalue weighted by Crippen LogP contribution is 2.21. The van der Waals surface area contributed by atoms with Crippen molar-refractivity contribution in [2.45, 2.75) is 0 Å². The Morgan fingerprint density at radius 2 is 1.89 bits per heavy atom. The number of ether oxygens (including phenoxy) is 1. The maximum Gasteiger partial charge on any atom is 0.292 e. The summed E-state index contributed by atoms with van der Waals surface area (Å²) in [6.45, 7) is 0.531. The molecule has 0 radical (unpaired) electrons. The third-order valence-electron chi connectivity index (χ3n) is 3.84. The Hall–Kier alpha value is -3.40. The van der Waals surface area contributed by atoms with E-state index >= 15 is 0 Å². The van der Waals surface area contributed by atoms with Crippen LogP contribution in [0.2, 0.25) is 0 Å². The molecule has 0 bridgehead atoms. The largest absolute Gasteiger partial charge is 0.383 e. The minimum atomic E-state index is -1.70. The molecule has 1 aromatic carbocycles. The Bertz CT molecular complexity index is 1050. The lowest BCUT2D eigenvalue weighted by Gasteiger charge is -2.06. The number of benzene rings is 1. The van der Waals surface area contributed by atoms with Gasteiger partial charge in [0.05, 0.1) is 17.8 Å². The standard InChI is InChI=1S/C18H15F3N4O3/c1-28-9-7-22-17(26)15-12-4-2-3-8-25(12)16(24-15)18(27)23-11-6-5-10(19)13(20)14(11)21/h2-6,8H,7,9H2,1H3,(H,22,26)(H,23,27). The first-order valence-corrected chi connectivity index (χ1v) is 8.13. The summed E-state index contributed by atoms with van der Waals surface area (Å²) in [5.74, 6) is -6.27. The molecule has 0 unspecified atom stereocenters. The number of carbonyl (C=O) groups excluding carboxylic acids is 2. The van der Waals surface area contributed by atoms with Gasteiger partial charge >= 0.3 is 0 Å². The fourth-order valence-corrected chi connectivity index (χ4v) is 2.52. The number of aromatic nitrogens is 2. The van der Waals surface area contributed by atoms with Gasteiger partial charge in [-0.3, -0.25) is 14.0 Å². The summed E-state index contributed by atoms with van der Waals surface area (Å²) in [4.78, 5) is 28.9. The molecule has 0 aliphatic rings. The minimum absolute atomic E-state index is 0.0207. The number of carbonyl (C=O) groups is 2. The van der Waals surface area contributed by atoms with Gasteiger partial charge in [-0.25, -0.2) is 18.2 Å². The summed E-state index contributed by atoms with van der Waals surface area (Å²) in [5.41, 5.74) is -0.233. The van der Waals surface area contributed by atoms with Gasteiger partial charge < -0.3 is 15.4 Å². The van der Waals surface area contributed by atoms with Gasteiger partial charge in [0, 0.05) is 19.9 Å². The Morgan fingerprint density at radius 1 is 1.11 bits per heavy atom. The van der Waals surface area contributed by atoms with Crippen molar-refractivity contribution in [2.24, 2.45) is 0 Å². The monoisotopic (exact) mass is 392 g/mol. The molecule has 2 amide bonds. The molecule has 2 heterocycles. The number of anilines is 1. The molecule has 0 spiro atoms. The molecule has 3 rings (SSSR count). The molecular formula is C18H15F3N4O3. The predicted octanol–water partition coefficient (Wildman–Crippen LogP) is 2.38. The van der Waals surface area contributed by atoms with Crippen molar-refractivity contribution >= 4 is 23.0 Å². The lowest BCUT2D eigenvalue weighted by Crippen LogP contribution is -2.27. The zero-order valence-electron chi connectivity index (χ0n) is 14.6. The fourth-order valence-electron chi connectivity index (χ4n) is 2.52. The molecule has 0 saturated heterocycles. The van der Waals surface area contributed by atoms with Crippen LogP contribution in [-0.4, -0.2) is 41.5 Å². The van der Waals surface area contributed by atoms with Crippen molar-refractivity contribution in [3.63, 3.8) is 0 Å². The van der Waals surface area contributed by atoms with Crippen LogP contribution in [0, 0.1) is 17.5 Å². The third kappa shape index (κ3) is 3.67. The number of amides is 2. The summed E-state index contributed by atoms with van der Waals surface area (Å²) >= 11 is 0. The van der Waals surface area contributed by atoms with Crippen molar-refractivity contribution < 1.29 is 27.5 Å². The number of nitrogens with one attached hydrogen (secondary N) is 2. The average molecular weight is 392 g/mol. The second-order valence-electron chi connectivity index (χ2n) is 5.67. The van der Waals surface area contributed by atoms with E-state index in [1.807, 2.05) is 0 Å². The third-order valence-corrected chi connectivity index (χ3v) is 3.84. The zero-order chi connectivity index (χ0) is 20.3. The lowest BCUT2D eigenvalue weighted by atomic mass is 10.2. The normalized spacial score (nSPS) is 10.9. The van der Waals surface area contributed by atoms with Gasteiger partial charge in [0.1, 0.15) is 0 Å². The highest BCUT2D eigenvalue weighted by atomic mass is 19.2. The van der Waals surface area contributed by atoms with Crippen LogP contribution in [0.3, 0.4) is 0 Å². The summed E-state index contributed by atoms with van der Waals surface area (Å²) in [7, 11) is 1.48. The fraction of sp³-hybridized carbons (Fsp3) is 0.167. The predicted molar refractivity (Wildman–Crippen MR) is 93.7 cm³/mol. The highest BCUT2D eigenvalue weighted by molar-refractivity contribution is 6.06. The van der Waals surface area contributed by atoms with E-state index in [0.29, 0.717) is 18.2 Å². The number of fused-ring (bicyclic) bond motifs is 1. The quantitative estimate of drug-likeness (QED) is 0.498. The van der Waals surface area contributed by atoms with E-state index in [0.717, 1.165) is 6.07 Å². The maximum atomic E-state index is 13.8. The molecule has 0 aliphatic carbocycles. The van der Waals surface area contributed by atoms with Crippen LogP contribution in [0.5, 0.6) is 0 Å². The van der Waals surface area contributed by atoms with Gasteiger partial charge in [-0.05, 0) is 24.3 Å². The van der Waals surface area contributed by atoms with Crippen molar-refractivity contribution in [3.8, 4) is 0 Å². The smallest absolute Gasteiger partial charge is 0.292 e. The molecule has 0 fully saturated rings. The Labute approximate surface area is 157 Å². The zero-order valence-corrected chi connectivity index (χ0v) is 14.6. The molecule has 7 nitrogen and oxygen atoms in total. The van der Waals surface area contributed by atoms with Crippen molar-refractivity contribution in [1.82, 2.24) is 14.7 Å². The van der Waals surface area contributed by atoms with Crippen LogP contribution < -0.4 is 10.6 Å². The minimum Gasteiger partial charge on any atom is -0.383 e. The molecule has 146 valence electrons. The van der Waals surface area contributed by atoms with Gasteiger partial charge in [0.15, 0.2) is 23.1 Å². The Kier molecular flexibility index (Phi) is 5.59. The van der Waals surface area contributed by atoms with Gasteiger partial charge in [-0.2, -0.15) is 0 Å². The van der Waals surface area contributed by atoms with Gasteiger partial charge in [0.2, 0.25) is 5.82 Å². The number of imidazole rings is 1. The van der Waals surface area contributed by atoms with Crippen molar-refractivity contribution in [2.75, 3.05) is 25.6 Å². The second-order valence-corrected chi connectivity index (χ2v) is 5.67. The van der Waals surface area contributed by atoms with Crippen LogP contribution >= 0.6 is 0 Å². The molecule has 0 saturated carbocycles. The van der Waals surface area contributed by atoms with E-state index < -0.39 is 35.0 Å². The van der Waals surface area contributed by atoms with Crippen LogP contribution in [0.4, 0.5) is 18.9 Å². The molecule has 10 heteroatoms. The van der Waals surface area contributed by atoms with Crippen LogP contribution in [0.15, 0.2) is 36.5 Å². The van der Waals surface area contributed by atoms with Crippen molar-refractivity contribution in [1.29, 1.82) is 0 Å². The number of nitrogens with zero attached hydrogens (tertiary/aromatic N) is 2.